The minimum atomic E-state index is -3.92. The molecule has 0 unspecified atom stereocenters. The van der Waals surface area contributed by atoms with Crippen LogP contribution < -0.4 is 4.72 Å². The molecule has 8 heteroatoms. The van der Waals surface area contributed by atoms with E-state index in [2.05, 4.69) is 14.9 Å². The van der Waals surface area contributed by atoms with Crippen LogP contribution in [0.1, 0.15) is 15.9 Å². The zero-order chi connectivity index (χ0) is 14.8. The number of anilines is 1. The fourth-order valence-corrected chi connectivity index (χ4v) is 2.84. The first kappa shape index (κ1) is 13.9. The van der Waals surface area contributed by atoms with E-state index in [-0.39, 0.29) is 16.3 Å². The van der Waals surface area contributed by atoms with Crippen molar-refractivity contribution >= 4 is 21.8 Å². The van der Waals surface area contributed by atoms with Gasteiger partial charge in [-0.05, 0) is 36.8 Å². The number of aryl methyl sites for hydroxylation is 1. The van der Waals surface area contributed by atoms with E-state index in [1.165, 1.54) is 30.5 Å². The molecule has 1 aromatic carbocycles. The van der Waals surface area contributed by atoms with Gasteiger partial charge in [0, 0.05) is 6.20 Å². The Morgan fingerprint density at radius 1 is 1.30 bits per heavy atom. The molecular weight excluding hydrogens is 282 g/mol. The minimum Gasteiger partial charge on any atom is -0.478 e. The molecule has 0 atom stereocenters. The number of carboxylic acid groups (broad SMARTS) is 1. The molecule has 0 spiro atoms. The first-order valence-electron chi connectivity index (χ1n) is 5.54. The molecule has 1 heterocycles. The quantitative estimate of drug-likeness (QED) is 0.879. The van der Waals surface area contributed by atoms with E-state index in [4.69, 9.17) is 5.11 Å². The number of hydrogen-bond acceptors (Lipinski definition) is 5. The average Bonchev–Trinajstić information content (AvgIpc) is 2.39. The second-order valence-electron chi connectivity index (χ2n) is 4.00. The zero-order valence-corrected chi connectivity index (χ0v) is 11.3. The summed E-state index contributed by atoms with van der Waals surface area (Å²) in [6, 6.07) is 6.87. The number of nitrogens with zero attached hydrogens (tertiary/aromatic N) is 2. The molecule has 0 bridgehead atoms. The Morgan fingerprint density at radius 3 is 2.65 bits per heavy atom. The molecule has 7 nitrogen and oxygen atoms in total. The highest BCUT2D eigenvalue weighted by Crippen LogP contribution is 2.19. The Balaban J connectivity index is 2.44. The molecule has 1 aromatic heterocycles. The normalized spacial score (nSPS) is 11.1. The van der Waals surface area contributed by atoms with E-state index >= 15 is 0 Å². The van der Waals surface area contributed by atoms with E-state index in [1.54, 1.807) is 6.92 Å². The summed E-state index contributed by atoms with van der Waals surface area (Å²) in [5.41, 5.74) is 0.335. The van der Waals surface area contributed by atoms with Gasteiger partial charge in [0.2, 0.25) is 0 Å². The lowest BCUT2D eigenvalue weighted by Crippen LogP contribution is -2.16. The molecule has 104 valence electrons. The number of benzene rings is 1. The Morgan fingerprint density at radius 2 is 2.05 bits per heavy atom. The Labute approximate surface area is 115 Å². The van der Waals surface area contributed by atoms with Gasteiger partial charge in [-0.15, -0.1) is 5.10 Å². The van der Waals surface area contributed by atoms with Crippen LogP contribution in [0.5, 0.6) is 0 Å². The first-order valence-corrected chi connectivity index (χ1v) is 7.03. The van der Waals surface area contributed by atoms with Gasteiger partial charge >= 0.3 is 5.97 Å². The molecule has 0 saturated heterocycles. The third kappa shape index (κ3) is 2.91. The van der Waals surface area contributed by atoms with Gasteiger partial charge in [0.15, 0.2) is 5.82 Å². The second-order valence-corrected chi connectivity index (χ2v) is 5.65. The first-order chi connectivity index (χ1) is 9.40. The van der Waals surface area contributed by atoms with E-state index in [1.807, 2.05) is 0 Å². The maximum absolute atomic E-state index is 12.2. The van der Waals surface area contributed by atoms with Crippen LogP contribution in [0, 0.1) is 6.92 Å². The summed E-state index contributed by atoms with van der Waals surface area (Å²) in [4.78, 5) is 10.8. The number of carbonyl (C=O) groups is 1. The van der Waals surface area contributed by atoms with Crippen molar-refractivity contribution in [1.82, 2.24) is 10.2 Å². The summed E-state index contributed by atoms with van der Waals surface area (Å²) in [6.07, 6.45) is 1.41. The predicted molar refractivity (Wildman–Crippen MR) is 71.0 cm³/mol. The van der Waals surface area contributed by atoms with Crippen LogP contribution in [-0.2, 0) is 10.0 Å². The number of aromatic nitrogens is 2. The molecule has 2 rings (SSSR count). The van der Waals surface area contributed by atoms with Gasteiger partial charge in [-0.3, -0.25) is 4.72 Å². The van der Waals surface area contributed by atoms with Crippen LogP contribution in [0.25, 0.3) is 0 Å². The van der Waals surface area contributed by atoms with Gasteiger partial charge in [-0.1, -0.05) is 6.07 Å². The van der Waals surface area contributed by atoms with Crippen LogP contribution in [0.2, 0.25) is 0 Å². The fraction of sp³-hybridized carbons (Fsp3) is 0.0833. The summed E-state index contributed by atoms with van der Waals surface area (Å²) < 4.78 is 26.7. The highest BCUT2D eigenvalue weighted by Gasteiger charge is 2.19. The van der Waals surface area contributed by atoms with Crippen LogP contribution >= 0.6 is 0 Å². The monoisotopic (exact) mass is 293 g/mol. The highest BCUT2D eigenvalue weighted by molar-refractivity contribution is 7.92. The number of rotatable bonds is 4. The summed E-state index contributed by atoms with van der Waals surface area (Å²) in [5.74, 6) is -1.13. The van der Waals surface area contributed by atoms with Gasteiger partial charge in [0.25, 0.3) is 10.0 Å². The number of hydrogen-bond donors (Lipinski definition) is 2. The van der Waals surface area contributed by atoms with E-state index in [0.29, 0.717) is 5.56 Å². The second kappa shape index (κ2) is 5.25. The molecule has 0 aliphatic carbocycles. The number of aromatic carboxylic acids is 1. The Bertz CT molecular complexity index is 745. The van der Waals surface area contributed by atoms with Gasteiger partial charge in [0.1, 0.15) is 0 Å². The van der Waals surface area contributed by atoms with Crippen molar-refractivity contribution in [3.8, 4) is 0 Å². The number of carboxylic acids is 1. The summed E-state index contributed by atoms with van der Waals surface area (Å²) in [6.45, 7) is 1.58. The van der Waals surface area contributed by atoms with E-state index in [0.717, 1.165) is 6.07 Å². The topological polar surface area (TPSA) is 109 Å². The Kier molecular flexibility index (Phi) is 3.66. The number of nitrogens with one attached hydrogen (secondary N) is 1. The molecule has 2 aromatic rings. The maximum Gasteiger partial charge on any atom is 0.335 e. The van der Waals surface area contributed by atoms with Crippen LogP contribution in [0.3, 0.4) is 0 Å². The van der Waals surface area contributed by atoms with Crippen LogP contribution in [0.15, 0.2) is 41.4 Å². The lowest BCUT2D eigenvalue weighted by Gasteiger charge is -2.09. The van der Waals surface area contributed by atoms with Crippen molar-refractivity contribution in [2.24, 2.45) is 0 Å². The molecule has 0 aliphatic heterocycles. The molecule has 20 heavy (non-hydrogen) atoms. The van der Waals surface area contributed by atoms with Gasteiger partial charge in [0.05, 0.1) is 10.5 Å². The molecular formula is C12H11N3O4S. The summed E-state index contributed by atoms with van der Waals surface area (Å²) >= 11 is 0. The van der Waals surface area contributed by atoms with Crippen molar-refractivity contribution in [2.45, 2.75) is 11.8 Å². The standard InChI is InChI=1S/C12H11N3O4S/c1-8-4-5-9(12(16)17)7-10(8)20(18,19)15-11-3-2-6-13-14-11/h2-7H,1H3,(H,14,15)(H,16,17). The molecule has 0 saturated carbocycles. The lowest BCUT2D eigenvalue weighted by molar-refractivity contribution is 0.0696. The Hall–Kier alpha value is -2.48. The zero-order valence-electron chi connectivity index (χ0n) is 10.4. The molecule has 0 radical (unpaired) electrons. The van der Waals surface area contributed by atoms with Gasteiger partial charge in [-0.25, -0.2) is 13.2 Å². The maximum atomic E-state index is 12.2. The van der Waals surface area contributed by atoms with E-state index in [9.17, 15) is 13.2 Å². The largest absolute Gasteiger partial charge is 0.478 e. The smallest absolute Gasteiger partial charge is 0.335 e. The average molecular weight is 293 g/mol. The van der Waals surface area contributed by atoms with Crippen LogP contribution in [-0.4, -0.2) is 29.7 Å². The van der Waals surface area contributed by atoms with Gasteiger partial charge in [-0.2, -0.15) is 5.10 Å². The van der Waals surface area contributed by atoms with Gasteiger partial charge < -0.3 is 5.11 Å². The SMILES string of the molecule is Cc1ccc(C(=O)O)cc1S(=O)(=O)Nc1cccnn1. The third-order valence-corrected chi connectivity index (χ3v) is 4.03. The molecule has 0 fully saturated rings. The molecule has 2 N–H and O–H groups in total. The highest BCUT2D eigenvalue weighted by atomic mass is 32.2. The molecule has 0 amide bonds. The summed E-state index contributed by atoms with van der Waals surface area (Å²) in [7, 11) is -3.92. The lowest BCUT2D eigenvalue weighted by atomic mass is 10.1. The van der Waals surface area contributed by atoms with Crippen molar-refractivity contribution in [3.63, 3.8) is 0 Å². The van der Waals surface area contributed by atoms with Crippen LogP contribution in [0.4, 0.5) is 5.82 Å². The summed E-state index contributed by atoms with van der Waals surface area (Å²) in [5, 5.41) is 16.1. The molecule has 0 aliphatic rings. The predicted octanol–water partition coefficient (Wildman–Crippen LogP) is 1.28. The van der Waals surface area contributed by atoms with Crippen molar-refractivity contribution in [3.05, 3.63) is 47.7 Å². The fourth-order valence-electron chi connectivity index (χ4n) is 1.57. The third-order valence-electron chi connectivity index (χ3n) is 2.54. The van der Waals surface area contributed by atoms with Crippen molar-refractivity contribution in [2.75, 3.05) is 4.72 Å². The van der Waals surface area contributed by atoms with E-state index < -0.39 is 16.0 Å². The van der Waals surface area contributed by atoms with Crippen molar-refractivity contribution in [1.29, 1.82) is 0 Å². The minimum absolute atomic E-state index is 0.0626. The van der Waals surface area contributed by atoms with Crippen molar-refractivity contribution < 1.29 is 18.3 Å². The number of sulfonamides is 1.